The molecule has 0 saturated carbocycles. The maximum Gasteiger partial charge on any atom is 0.159 e. The Morgan fingerprint density at radius 2 is 2.00 bits per heavy atom. The van der Waals surface area contributed by atoms with Gasteiger partial charge in [0.25, 0.3) is 0 Å². The van der Waals surface area contributed by atoms with Crippen LogP contribution in [-0.2, 0) is 4.79 Å². The minimum absolute atomic E-state index is 0.149. The fourth-order valence-electron chi connectivity index (χ4n) is 2.03. The summed E-state index contributed by atoms with van der Waals surface area (Å²) in [6, 6.07) is 9.02. The second kappa shape index (κ2) is 4.60. The molecular formula is C13H10ClNO2. The van der Waals surface area contributed by atoms with Gasteiger partial charge < -0.3 is 5.11 Å². The van der Waals surface area contributed by atoms with Crippen molar-refractivity contribution < 1.29 is 9.90 Å². The number of allylic oxidation sites excluding steroid dienone is 2. The molecular weight excluding hydrogens is 238 g/mol. The maximum absolute atomic E-state index is 11.4. The lowest BCUT2D eigenvalue weighted by molar-refractivity contribution is -0.115. The van der Waals surface area contributed by atoms with Crippen LogP contribution in [-0.4, -0.2) is 10.9 Å². The highest BCUT2D eigenvalue weighted by molar-refractivity contribution is 6.30. The van der Waals surface area contributed by atoms with Crippen LogP contribution in [0.3, 0.4) is 0 Å². The van der Waals surface area contributed by atoms with Crippen molar-refractivity contribution in [3.8, 4) is 6.07 Å². The molecule has 2 atom stereocenters. The van der Waals surface area contributed by atoms with E-state index in [4.69, 9.17) is 16.9 Å². The van der Waals surface area contributed by atoms with Crippen LogP contribution in [0.1, 0.15) is 17.9 Å². The summed E-state index contributed by atoms with van der Waals surface area (Å²) in [6.07, 6.45) is 1.38. The summed E-state index contributed by atoms with van der Waals surface area (Å²) in [7, 11) is 0. The Labute approximate surface area is 104 Å². The molecule has 86 valence electrons. The normalized spacial score (nSPS) is 24.0. The van der Waals surface area contributed by atoms with Gasteiger partial charge in [-0.15, -0.1) is 0 Å². The molecule has 2 rings (SSSR count). The molecule has 0 spiro atoms. The van der Waals surface area contributed by atoms with E-state index in [9.17, 15) is 9.90 Å². The molecule has 0 heterocycles. The molecule has 0 fully saturated rings. The lowest BCUT2D eigenvalue weighted by Gasteiger charge is -2.24. The first-order valence-electron chi connectivity index (χ1n) is 5.20. The van der Waals surface area contributed by atoms with Gasteiger partial charge in [-0.3, -0.25) is 4.79 Å². The monoisotopic (exact) mass is 247 g/mol. The van der Waals surface area contributed by atoms with Gasteiger partial charge in [-0.2, -0.15) is 5.26 Å². The third-order valence-corrected chi connectivity index (χ3v) is 3.14. The van der Waals surface area contributed by atoms with Crippen LogP contribution >= 0.6 is 11.6 Å². The Kier molecular flexibility index (Phi) is 3.16. The third kappa shape index (κ3) is 2.32. The average molecular weight is 248 g/mol. The summed E-state index contributed by atoms with van der Waals surface area (Å²) < 4.78 is 0. The first-order valence-corrected chi connectivity index (χ1v) is 5.58. The summed E-state index contributed by atoms with van der Waals surface area (Å²) in [4.78, 5) is 11.4. The number of nitrogens with zero attached hydrogens (tertiary/aromatic N) is 1. The Hall–Kier alpha value is -1.79. The zero-order valence-electron chi connectivity index (χ0n) is 8.93. The summed E-state index contributed by atoms with van der Waals surface area (Å²) in [5, 5.41) is 19.3. The van der Waals surface area contributed by atoms with Crippen molar-refractivity contribution in [3.63, 3.8) is 0 Å². The Morgan fingerprint density at radius 1 is 1.35 bits per heavy atom. The van der Waals surface area contributed by atoms with Crippen LogP contribution in [0.4, 0.5) is 0 Å². The van der Waals surface area contributed by atoms with Crippen molar-refractivity contribution in [3.05, 3.63) is 46.7 Å². The number of hydrogen-bond donors (Lipinski definition) is 1. The standard InChI is InChI=1S/C13H10ClNO2/c14-9-3-1-8(2-4-9)11-5-10(16)6-13(17)12(11)7-15/h1-4,6,11-12,17H,5H2. The zero-order chi connectivity index (χ0) is 12.4. The number of benzene rings is 1. The van der Waals surface area contributed by atoms with Gasteiger partial charge in [-0.25, -0.2) is 0 Å². The van der Waals surface area contributed by atoms with Crippen molar-refractivity contribution in [1.82, 2.24) is 0 Å². The fraction of sp³-hybridized carbons (Fsp3) is 0.231. The number of aliphatic hydroxyl groups is 1. The highest BCUT2D eigenvalue weighted by Gasteiger charge is 2.32. The van der Waals surface area contributed by atoms with Crippen molar-refractivity contribution in [2.75, 3.05) is 0 Å². The van der Waals surface area contributed by atoms with E-state index in [0.29, 0.717) is 5.02 Å². The topological polar surface area (TPSA) is 61.1 Å². The number of aliphatic hydroxyl groups excluding tert-OH is 1. The second-order valence-electron chi connectivity index (χ2n) is 4.00. The van der Waals surface area contributed by atoms with Gasteiger partial charge in [0.05, 0.1) is 6.07 Å². The number of rotatable bonds is 1. The molecule has 0 radical (unpaired) electrons. The lowest BCUT2D eigenvalue weighted by Crippen LogP contribution is -2.22. The molecule has 0 amide bonds. The van der Waals surface area contributed by atoms with Gasteiger partial charge >= 0.3 is 0 Å². The second-order valence-corrected chi connectivity index (χ2v) is 4.44. The van der Waals surface area contributed by atoms with Gasteiger partial charge in [0.1, 0.15) is 11.7 Å². The summed E-state index contributed by atoms with van der Waals surface area (Å²) in [5.74, 6) is -1.26. The molecule has 2 unspecified atom stereocenters. The van der Waals surface area contributed by atoms with Gasteiger partial charge in [0, 0.05) is 23.4 Å². The molecule has 0 bridgehead atoms. The number of halogens is 1. The zero-order valence-corrected chi connectivity index (χ0v) is 9.69. The predicted molar refractivity (Wildman–Crippen MR) is 63.6 cm³/mol. The molecule has 1 N–H and O–H groups in total. The number of ketones is 1. The minimum Gasteiger partial charge on any atom is -0.511 e. The Balaban J connectivity index is 2.38. The van der Waals surface area contributed by atoms with Gasteiger partial charge in [-0.05, 0) is 17.7 Å². The van der Waals surface area contributed by atoms with Crippen LogP contribution in [0.2, 0.25) is 5.02 Å². The van der Waals surface area contributed by atoms with Crippen molar-refractivity contribution >= 4 is 17.4 Å². The molecule has 0 aliphatic heterocycles. The predicted octanol–water partition coefficient (Wildman–Crippen LogP) is 2.98. The first kappa shape index (κ1) is 11.7. The van der Waals surface area contributed by atoms with Crippen LogP contribution < -0.4 is 0 Å². The number of nitriles is 1. The van der Waals surface area contributed by atoms with Gasteiger partial charge in [-0.1, -0.05) is 23.7 Å². The van der Waals surface area contributed by atoms with E-state index >= 15 is 0 Å². The van der Waals surface area contributed by atoms with E-state index in [2.05, 4.69) is 0 Å². The van der Waals surface area contributed by atoms with E-state index < -0.39 is 5.92 Å². The third-order valence-electron chi connectivity index (χ3n) is 2.89. The first-order chi connectivity index (χ1) is 8.11. The number of carbonyl (C=O) groups excluding carboxylic acids is 1. The molecule has 17 heavy (non-hydrogen) atoms. The molecule has 3 nitrogen and oxygen atoms in total. The van der Waals surface area contributed by atoms with Gasteiger partial charge in [0.2, 0.25) is 0 Å². The molecule has 1 aromatic carbocycles. The largest absolute Gasteiger partial charge is 0.511 e. The number of hydrogen-bond acceptors (Lipinski definition) is 3. The van der Waals surface area contributed by atoms with Crippen LogP contribution in [0, 0.1) is 17.2 Å². The van der Waals surface area contributed by atoms with Crippen molar-refractivity contribution in [1.29, 1.82) is 5.26 Å². The van der Waals surface area contributed by atoms with Crippen LogP contribution in [0.15, 0.2) is 36.1 Å². The molecule has 1 aromatic rings. The maximum atomic E-state index is 11.4. The van der Waals surface area contributed by atoms with E-state index in [1.807, 2.05) is 6.07 Å². The van der Waals surface area contributed by atoms with Crippen molar-refractivity contribution in [2.45, 2.75) is 12.3 Å². The average Bonchev–Trinajstić information content (AvgIpc) is 2.29. The quantitative estimate of drug-likeness (QED) is 0.830. The minimum atomic E-state index is -0.658. The van der Waals surface area contributed by atoms with Crippen molar-refractivity contribution in [2.24, 2.45) is 5.92 Å². The van der Waals surface area contributed by atoms with Crippen LogP contribution in [0.5, 0.6) is 0 Å². The Bertz CT molecular complexity index is 513. The molecule has 1 aliphatic rings. The highest BCUT2D eigenvalue weighted by Crippen LogP contribution is 2.35. The molecule has 4 heteroatoms. The smallest absolute Gasteiger partial charge is 0.159 e. The van der Waals surface area contributed by atoms with E-state index in [-0.39, 0.29) is 23.9 Å². The van der Waals surface area contributed by atoms with E-state index in [0.717, 1.165) is 11.6 Å². The SMILES string of the molecule is N#CC1C(O)=CC(=O)CC1c1ccc(Cl)cc1. The molecule has 1 aliphatic carbocycles. The molecule has 0 aromatic heterocycles. The van der Waals surface area contributed by atoms with Crippen LogP contribution in [0.25, 0.3) is 0 Å². The van der Waals surface area contributed by atoms with E-state index in [1.165, 1.54) is 0 Å². The summed E-state index contributed by atoms with van der Waals surface area (Å²) in [5.41, 5.74) is 0.842. The fourth-order valence-corrected chi connectivity index (χ4v) is 2.16. The molecule has 0 saturated heterocycles. The van der Waals surface area contributed by atoms with Gasteiger partial charge in [0.15, 0.2) is 5.78 Å². The highest BCUT2D eigenvalue weighted by atomic mass is 35.5. The van der Waals surface area contributed by atoms with E-state index in [1.54, 1.807) is 24.3 Å². The summed E-state index contributed by atoms with van der Waals surface area (Å²) in [6.45, 7) is 0. The lowest BCUT2D eigenvalue weighted by atomic mass is 9.78. The Morgan fingerprint density at radius 3 is 2.59 bits per heavy atom. The number of carbonyl (C=O) groups is 1. The summed E-state index contributed by atoms with van der Waals surface area (Å²) >= 11 is 5.79.